The summed E-state index contributed by atoms with van der Waals surface area (Å²) in [6.07, 6.45) is 5.45. The number of aromatic nitrogens is 3. The zero-order valence-corrected chi connectivity index (χ0v) is 12.9. The number of H-pyrrole nitrogens is 1. The average Bonchev–Trinajstić information content (AvgIpc) is 3.01. The van der Waals surface area contributed by atoms with Gasteiger partial charge in [-0.3, -0.25) is 4.79 Å². The van der Waals surface area contributed by atoms with Crippen molar-refractivity contribution in [2.45, 2.75) is 25.7 Å². The Morgan fingerprint density at radius 2 is 2.23 bits per heavy atom. The molecule has 3 heterocycles. The highest BCUT2D eigenvalue weighted by Crippen LogP contribution is 2.26. The molecule has 2 aromatic heterocycles. The summed E-state index contributed by atoms with van der Waals surface area (Å²) in [6, 6.07) is 3.47. The Labute approximate surface area is 129 Å². The molecule has 1 fully saturated rings. The van der Waals surface area contributed by atoms with Crippen LogP contribution in [0.5, 0.6) is 5.88 Å². The number of piperidine rings is 1. The number of nitrogens with zero attached hydrogens (tertiary/aromatic N) is 3. The van der Waals surface area contributed by atoms with Crippen molar-refractivity contribution in [1.29, 1.82) is 0 Å². The second-order valence-corrected chi connectivity index (χ2v) is 5.63. The minimum Gasteiger partial charge on any atom is -0.481 e. The minimum absolute atomic E-state index is 0.0168. The number of likely N-dealkylation sites (tertiary alicyclic amines) is 1. The van der Waals surface area contributed by atoms with Gasteiger partial charge in [0.25, 0.3) is 5.91 Å². The van der Waals surface area contributed by atoms with Crippen molar-refractivity contribution in [3.63, 3.8) is 0 Å². The quantitative estimate of drug-likeness (QED) is 0.942. The van der Waals surface area contributed by atoms with Crippen molar-refractivity contribution in [3.8, 4) is 5.88 Å². The number of aryl methyl sites for hydroxylation is 1. The summed E-state index contributed by atoms with van der Waals surface area (Å²) in [5.41, 5.74) is 1.65. The van der Waals surface area contributed by atoms with Crippen LogP contribution in [-0.4, -0.2) is 46.0 Å². The van der Waals surface area contributed by atoms with Crippen molar-refractivity contribution in [1.82, 2.24) is 19.9 Å². The van der Waals surface area contributed by atoms with Gasteiger partial charge in [0.15, 0.2) is 0 Å². The summed E-state index contributed by atoms with van der Waals surface area (Å²) in [5, 5.41) is 0. The lowest BCUT2D eigenvalue weighted by Crippen LogP contribution is -2.39. The maximum absolute atomic E-state index is 12.6. The number of amides is 1. The number of rotatable bonds is 3. The lowest BCUT2D eigenvalue weighted by atomic mass is 9.97. The van der Waals surface area contributed by atoms with E-state index in [9.17, 15) is 4.79 Å². The van der Waals surface area contributed by atoms with Crippen LogP contribution in [0.25, 0.3) is 0 Å². The maximum Gasteiger partial charge on any atom is 0.255 e. The van der Waals surface area contributed by atoms with E-state index in [1.165, 1.54) is 0 Å². The predicted octanol–water partition coefficient (Wildman–Crippen LogP) is 2.14. The van der Waals surface area contributed by atoms with Crippen LogP contribution in [0.2, 0.25) is 0 Å². The zero-order valence-electron chi connectivity index (χ0n) is 12.9. The van der Waals surface area contributed by atoms with Crippen molar-refractivity contribution in [2.24, 2.45) is 0 Å². The molecule has 0 saturated carbocycles. The van der Waals surface area contributed by atoms with Crippen LogP contribution in [0.3, 0.4) is 0 Å². The molecule has 1 atom stereocenters. The van der Waals surface area contributed by atoms with Crippen LogP contribution in [-0.2, 0) is 0 Å². The van der Waals surface area contributed by atoms with E-state index < -0.39 is 0 Å². The molecule has 116 valence electrons. The van der Waals surface area contributed by atoms with E-state index in [2.05, 4.69) is 15.0 Å². The fourth-order valence-electron chi connectivity index (χ4n) is 2.84. The molecule has 1 saturated heterocycles. The Hall–Kier alpha value is -2.37. The fraction of sp³-hybridized carbons (Fsp3) is 0.438. The van der Waals surface area contributed by atoms with Gasteiger partial charge in [-0.2, -0.15) is 0 Å². The first-order valence-electron chi connectivity index (χ1n) is 7.48. The minimum atomic E-state index is 0.0168. The number of methoxy groups -OCH3 is 1. The summed E-state index contributed by atoms with van der Waals surface area (Å²) in [6.45, 7) is 3.46. The second-order valence-electron chi connectivity index (χ2n) is 5.63. The zero-order chi connectivity index (χ0) is 15.5. The summed E-state index contributed by atoms with van der Waals surface area (Å²) >= 11 is 0. The summed E-state index contributed by atoms with van der Waals surface area (Å²) in [5.74, 6) is 1.78. The third-order valence-electron chi connectivity index (χ3n) is 4.01. The number of aromatic amines is 1. The monoisotopic (exact) mass is 300 g/mol. The van der Waals surface area contributed by atoms with Gasteiger partial charge in [-0.1, -0.05) is 0 Å². The molecule has 0 unspecified atom stereocenters. The van der Waals surface area contributed by atoms with Crippen LogP contribution < -0.4 is 4.74 Å². The molecular formula is C16H20N4O2. The van der Waals surface area contributed by atoms with Gasteiger partial charge >= 0.3 is 0 Å². The van der Waals surface area contributed by atoms with E-state index in [1.807, 2.05) is 18.0 Å². The molecule has 6 heteroatoms. The van der Waals surface area contributed by atoms with Gasteiger partial charge in [-0.15, -0.1) is 0 Å². The van der Waals surface area contributed by atoms with Gasteiger partial charge in [-0.05, 0) is 25.8 Å². The van der Waals surface area contributed by atoms with Crippen LogP contribution in [0.15, 0.2) is 24.5 Å². The molecule has 22 heavy (non-hydrogen) atoms. The third-order valence-corrected chi connectivity index (χ3v) is 4.01. The van der Waals surface area contributed by atoms with Crippen molar-refractivity contribution in [3.05, 3.63) is 41.6 Å². The van der Waals surface area contributed by atoms with E-state index in [1.54, 1.807) is 25.4 Å². The predicted molar refractivity (Wildman–Crippen MR) is 82.0 cm³/mol. The number of carbonyl (C=O) groups is 1. The number of pyridine rings is 1. The first-order chi connectivity index (χ1) is 10.7. The number of nitrogens with one attached hydrogen (secondary N) is 1. The molecule has 6 nitrogen and oxygen atoms in total. The molecule has 2 aromatic rings. The van der Waals surface area contributed by atoms with Gasteiger partial charge in [-0.25, -0.2) is 9.97 Å². The highest BCUT2D eigenvalue weighted by Gasteiger charge is 2.27. The molecule has 0 aromatic carbocycles. The molecule has 1 aliphatic heterocycles. The number of carbonyl (C=O) groups excluding carboxylic acids is 1. The van der Waals surface area contributed by atoms with Crippen LogP contribution in [0.4, 0.5) is 0 Å². The van der Waals surface area contributed by atoms with E-state index in [0.717, 1.165) is 30.9 Å². The molecule has 1 N–H and O–H groups in total. The van der Waals surface area contributed by atoms with E-state index >= 15 is 0 Å². The standard InChI is InChI=1S/C16H20N4O2/c1-11-8-18-15(19-11)13-4-3-7-20(10-13)16(21)12-5-6-14(22-2)17-9-12/h5-6,8-9,13H,3-4,7,10H2,1-2H3,(H,18,19)/t13-/m0/s1. The third kappa shape index (κ3) is 2.95. The van der Waals surface area contributed by atoms with E-state index in [-0.39, 0.29) is 11.8 Å². The van der Waals surface area contributed by atoms with Gasteiger partial charge in [0.2, 0.25) is 5.88 Å². The Morgan fingerprint density at radius 3 is 2.86 bits per heavy atom. The number of hydrogen-bond donors (Lipinski definition) is 1. The first kappa shape index (κ1) is 14.6. The summed E-state index contributed by atoms with van der Waals surface area (Å²) < 4.78 is 5.02. The molecule has 0 aliphatic carbocycles. The second kappa shape index (κ2) is 6.17. The molecule has 3 rings (SSSR count). The maximum atomic E-state index is 12.6. The van der Waals surface area contributed by atoms with Gasteiger partial charge < -0.3 is 14.6 Å². The number of ether oxygens (including phenoxy) is 1. The number of hydrogen-bond acceptors (Lipinski definition) is 4. The SMILES string of the molecule is COc1ccc(C(=O)N2CCC[C@H](c3ncc(C)[nH]3)C2)cn1. The van der Waals surface area contributed by atoms with Gasteiger partial charge in [0, 0.05) is 43.2 Å². The van der Waals surface area contributed by atoms with Crippen molar-refractivity contribution >= 4 is 5.91 Å². The summed E-state index contributed by atoms with van der Waals surface area (Å²) in [7, 11) is 1.56. The van der Waals surface area contributed by atoms with Crippen LogP contribution >= 0.6 is 0 Å². The lowest BCUT2D eigenvalue weighted by molar-refractivity contribution is 0.0704. The number of imidazole rings is 1. The Morgan fingerprint density at radius 1 is 1.36 bits per heavy atom. The Kier molecular flexibility index (Phi) is 4.09. The highest BCUT2D eigenvalue weighted by atomic mass is 16.5. The molecule has 1 aliphatic rings. The molecule has 0 radical (unpaired) electrons. The Bertz CT molecular complexity index is 650. The molecule has 0 bridgehead atoms. The fourth-order valence-corrected chi connectivity index (χ4v) is 2.84. The van der Waals surface area contributed by atoms with Crippen LogP contribution in [0, 0.1) is 6.92 Å². The van der Waals surface area contributed by atoms with Gasteiger partial charge in [0.1, 0.15) is 5.82 Å². The Balaban J connectivity index is 1.71. The lowest BCUT2D eigenvalue weighted by Gasteiger charge is -2.31. The summed E-state index contributed by atoms with van der Waals surface area (Å²) in [4.78, 5) is 26.3. The highest BCUT2D eigenvalue weighted by molar-refractivity contribution is 5.94. The normalized spacial score (nSPS) is 18.3. The average molecular weight is 300 g/mol. The largest absolute Gasteiger partial charge is 0.481 e. The first-order valence-corrected chi connectivity index (χ1v) is 7.48. The van der Waals surface area contributed by atoms with Gasteiger partial charge in [0.05, 0.1) is 12.7 Å². The molecule has 0 spiro atoms. The van der Waals surface area contributed by atoms with E-state index in [4.69, 9.17) is 4.74 Å². The van der Waals surface area contributed by atoms with Crippen molar-refractivity contribution < 1.29 is 9.53 Å². The smallest absolute Gasteiger partial charge is 0.255 e. The van der Waals surface area contributed by atoms with Crippen LogP contribution in [0.1, 0.15) is 40.6 Å². The topological polar surface area (TPSA) is 71.1 Å². The van der Waals surface area contributed by atoms with Crippen molar-refractivity contribution in [2.75, 3.05) is 20.2 Å². The molecular weight excluding hydrogens is 280 g/mol. The molecule has 1 amide bonds. The van der Waals surface area contributed by atoms with E-state index in [0.29, 0.717) is 18.0 Å².